The topological polar surface area (TPSA) is 88.0 Å². The van der Waals surface area contributed by atoms with E-state index in [1.807, 2.05) is 5.43 Å². The minimum absolute atomic E-state index is 0.153. The molecule has 0 radical (unpaired) electrons. The molecular weight excluding hydrogens is 176 g/mol. The summed E-state index contributed by atoms with van der Waals surface area (Å²) in [7, 11) is 1.33. The molecule has 2 N–H and O–H groups in total. The number of carbonyl (C=O) groups excluding carboxylic acids is 1. The molecule has 0 bridgehead atoms. The number of nitrogens with zero attached hydrogens (tertiary/aromatic N) is 1. The normalized spacial score (nSPS) is 20.1. The van der Waals surface area contributed by atoms with Crippen molar-refractivity contribution in [2.45, 2.75) is 12.8 Å². The van der Waals surface area contributed by atoms with Gasteiger partial charge in [0.2, 0.25) is 0 Å². The minimum atomic E-state index is -1.20. The molecule has 0 aromatic heterocycles. The maximum atomic E-state index is 10.9. The Labute approximate surface area is 74.6 Å². The quantitative estimate of drug-likeness (QED) is 0.476. The van der Waals surface area contributed by atoms with Crippen molar-refractivity contribution in [2.75, 3.05) is 7.11 Å². The van der Waals surface area contributed by atoms with E-state index in [1.165, 1.54) is 7.11 Å². The van der Waals surface area contributed by atoms with Crippen LogP contribution >= 0.6 is 0 Å². The van der Waals surface area contributed by atoms with Gasteiger partial charge >= 0.3 is 12.1 Å². The first kappa shape index (κ1) is 9.50. The Kier molecular flexibility index (Phi) is 2.84. The molecule has 72 valence electrons. The average molecular weight is 186 g/mol. The highest BCUT2D eigenvalue weighted by Gasteiger charge is 2.32. The zero-order valence-electron chi connectivity index (χ0n) is 7.11. The highest BCUT2D eigenvalue weighted by atomic mass is 16.5. The lowest BCUT2D eigenvalue weighted by atomic mass is 9.83. The van der Waals surface area contributed by atoms with E-state index >= 15 is 0 Å². The van der Waals surface area contributed by atoms with E-state index < -0.39 is 6.09 Å². The molecule has 0 saturated heterocycles. The summed E-state index contributed by atoms with van der Waals surface area (Å²) in [6.07, 6.45) is -0.242. The van der Waals surface area contributed by atoms with Gasteiger partial charge in [0.15, 0.2) is 0 Å². The second-order valence-electron chi connectivity index (χ2n) is 2.72. The van der Waals surface area contributed by atoms with E-state index in [9.17, 15) is 9.59 Å². The Morgan fingerprint density at radius 3 is 2.69 bits per heavy atom. The molecule has 0 aromatic rings. The molecule has 13 heavy (non-hydrogen) atoms. The molecule has 1 aliphatic rings. The molecule has 1 fully saturated rings. The number of hydrogen-bond acceptors (Lipinski definition) is 4. The molecule has 0 atom stereocenters. The van der Waals surface area contributed by atoms with Crippen molar-refractivity contribution in [2.24, 2.45) is 11.0 Å². The SMILES string of the molecule is COC(=O)C1CC(=NNC(=O)O)C1. The van der Waals surface area contributed by atoms with Gasteiger partial charge in [0.05, 0.1) is 13.0 Å². The van der Waals surface area contributed by atoms with E-state index in [4.69, 9.17) is 5.11 Å². The zero-order chi connectivity index (χ0) is 9.84. The second kappa shape index (κ2) is 3.88. The van der Waals surface area contributed by atoms with Crippen molar-refractivity contribution in [1.82, 2.24) is 5.43 Å². The summed E-state index contributed by atoms with van der Waals surface area (Å²) in [5, 5.41) is 11.7. The van der Waals surface area contributed by atoms with Crippen molar-refractivity contribution in [1.29, 1.82) is 0 Å². The van der Waals surface area contributed by atoms with Gasteiger partial charge in [-0.3, -0.25) is 4.79 Å². The summed E-state index contributed by atoms with van der Waals surface area (Å²) in [5.74, 6) is -0.423. The number of amides is 1. The molecule has 6 heteroatoms. The van der Waals surface area contributed by atoms with Gasteiger partial charge < -0.3 is 9.84 Å². The first-order valence-electron chi connectivity index (χ1n) is 3.75. The Balaban J connectivity index is 2.28. The van der Waals surface area contributed by atoms with E-state index in [0.29, 0.717) is 18.6 Å². The standard InChI is InChI=1S/C7H10N2O4/c1-13-6(10)4-2-5(3-4)8-9-7(11)12/h4,9H,2-3H2,1H3,(H,11,12). The van der Waals surface area contributed by atoms with Crippen LogP contribution < -0.4 is 5.43 Å². The van der Waals surface area contributed by atoms with Crippen molar-refractivity contribution in [3.05, 3.63) is 0 Å². The number of nitrogens with one attached hydrogen (secondary N) is 1. The number of hydrazone groups is 1. The summed E-state index contributed by atoms with van der Waals surface area (Å²) >= 11 is 0. The number of ether oxygens (including phenoxy) is 1. The third-order valence-electron chi connectivity index (χ3n) is 1.81. The summed E-state index contributed by atoms with van der Waals surface area (Å²) < 4.78 is 4.50. The number of rotatable bonds is 2. The first-order chi connectivity index (χ1) is 6.13. The van der Waals surface area contributed by atoms with Crippen LogP contribution in [0.3, 0.4) is 0 Å². The third kappa shape index (κ3) is 2.43. The summed E-state index contributed by atoms with van der Waals surface area (Å²) in [5.41, 5.74) is 2.56. The Hall–Kier alpha value is -1.59. The third-order valence-corrected chi connectivity index (χ3v) is 1.81. The molecule has 1 aliphatic carbocycles. The molecular formula is C7H10N2O4. The van der Waals surface area contributed by atoms with Crippen LogP contribution in [0.15, 0.2) is 5.10 Å². The summed E-state index contributed by atoms with van der Waals surface area (Å²) in [4.78, 5) is 20.9. The van der Waals surface area contributed by atoms with E-state index in [0.717, 1.165) is 0 Å². The average Bonchev–Trinajstić information content (AvgIpc) is 2.00. The van der Waals surface area contributed by atoms with E-state index in [2.05, 4.69) is 9.84 Å². The molecule has 0 unspecified atom stereocenters. The predicted molar refractivity (Wildman–Crippen MR) is 43.3 cm³/mol. The van der Waals surface area contributed by atoms with Crippen LogP contribution in [0, 0.1) is 5.92 Å². The fourth-order valence-electron chi connectivity index (χ4n) is 1.06. The van der Waals surface area contributed by atoms with Gasteiger partial charge in [-0.25, -0.2) is 10.2 Å². The van der Waals surface area contributed by atoms with Crippen LogP contribution in [-0.4, -0.2) is 30.0 Å². The number of methoxy groups -OCH3 is 1. The fourth-order valence-corrected chi connectivity index (χ4v) is 1.06. The summed E-state index contributed by atoms with van der Waals surface area (Å²) in [6, 6.07) is 0. The number of carboxylic acid groups (broad SMARTS) is 1. The Morgan fingerprint density at radius 1 is 1.62 bits per heavy atom. The lowest BCUT2D eigenvalue weighted by Gasteiger charge is -2.24. The van der Waals surface area contributed by atoms with Crippen LogP contribution in [0.4, 0.5) is 4.79 Å². The van der Waals surface area contributed by atoms with Gasteiger partial charge in [0.1, 0.15) is 0 Å². The van der Waals surface area contributed by atoms with E-state index in [1.54, 1.807) is 0 Å². The van der Waals surface area contributed by atoms with Crippen molar-refractivity contribution in [3.63, 3.8) is 0 Å². The predicted octanol–water partition coefficient (Wildman–Crippen LogP) is 0.193. The van der Waals surface area contributed by atoms with Crippen LogP contribution in [0.25, 0.3) is 0 Å². The second-order valence-corrected chi connectivity index (χ2v) is 2.72. The van der Waals surface area contributed by atoms with Crippen molar-refractivity contribution in [3.8, 4) is 0 Å². The van der Waals surface area contributed by atoms with E-state index in [-0.39, 0.29) is 11.9 Å². The van der Waals surface area contributed by atoms with Crippen molar-refractivity contribution < 1.29 is 19.4 Å². The van der Waals surface area contributed by atoms with Gasteiger partial charge in [-0.05, 0) is 0 Å². The lowest BCUT2D eigenvalue weighted by Crippen LogP contribution is -2.33. The van der Waals surface area contributed by atoms with Crippen LogP contribution in [0.5, 0.6) is 0 Å². The number of hydrogen-bond donors (Lipinski definition) is 2. The maximum Gasteiger partial charge on any atom is 0.425 e. The summed E-state index contributed by atoms with van der Waals surface area (Å²) in [6.45, 7) is 0. The monoisotopic (exact) mass is 186 g/mol. The fraction of sp³-hybridized carbons (Fsp3) is 0.571. The minimum Gasteiger partial charge on any atom is -0.469 e. The van der Waals surface area contributed by atoms with Gasteiger partial charge in [-0.15, -0.1) is 0 Å². The van der Waals surface area contributed by atoms with Gasteiger partial charge in [0.25, 0.3) is 0 Å². The first-order valence-corrected chi connectivity index (χ1v) is 3.75. The zero-order valence-corrected chi connectivity index (χ0v) is 7.11. The maximum absolute atomic E-state index is 10.9. The highest BCUT2D eigenvalue weighted by molar-refractivity contribution is 5.98. The Bertz CT molecular complexity index is 253. The molecule has 0 aromatic carbocycles. The molecule has 0 heterocycles. The number of carbonyl (C=O) groups is 2. The van der Waals surface area contributed by atoms with Gasteiger partial charge in [-0.1, -0.05) is 0 Å². The molecule has 1 rings (SSSR count). The largest absolute Gasteiger partial charge is 0.469 e. The molecule has 1 amide bonds. The number of esters is 1. The molecule has 6 nitrogen and oxygen atoms in total. The van der Waals surface area contributed by atoms with Gasteiger partial charge in [0, 0.05) is 18.6 Å². The smallest absolute Gasteiger partial charge is 0.425 e. The molecule has 1 saturated carbocycles. The molecule has 0 spiro atoms. The van der Waals surface area contributed by atoms with Crippen LogP contribution in [0.2, 0.25) is 0 Å². The van der Waals surface area contributed by atoms with Crippen molar-refractivity contribution >= 4 is 17.8 Å². The molecule has 0 aliphatic heterocycles. The highest BCUT2D eigenvalue weighted by Crippen LogP contribution is 2.24. The van der Waals surface area contributed by atoms with Gasteiger partial charge in [-0.2, -0.15) is 5.10 Å². The van der Waals surface area contributed by atoms with Crippen LogP contribution in [0.1, 0.15) is 12.8 Å². The van der Waals surface area contributed by atoms with Crippen LogP contribution in [-0.2, 0) is 9.53 Å². The Morgan fingerprint density at radius 2 is 2.23 bits per heavy atom. The lowest BCUT2D eigenvalue weighted by molar-refractivity contribution is -0.145.